The molecule has 2 rings (SSSR count). The molecular formula is C18H28ClN5O. The average molecular weight is 366 g/mol. The zero-order chi connectivity index (χ0) is 17.9. The van der Waals surface area contributed by atoms with Gasteiger partial charge in [-0.2, -0.15) is 0 Å². The van der Waals surface area contributed by atoms with E-state index in [4.69, 9.17) is 11.6 Å². The van der Waals surface area contributed by atoms with E-state index in [1.165, 1.54) is 12.8 Å². The molecule has 0 aliphatic heterocycles. The molecule has 0 unspecified atom stereocenters. The summed E-state index contributed by atoms with van der Waals surface area (Å²) in [7, 11) is 0. The molecule has 1 heterocycles. The molecule has 1 aliphatic carbocycles. The van der Waals surface area contributed by atoms with Gasteiger partial charge in [-0.25, -0.2) is 4.98 Å². The van der Waals surface area contributed by atoms with Crippen molar-refractivity contribution in [2.75, 3.05) is 19.6 Å². The van der Waals surface area contributed by atoms with Crippen molar-refractivity contribution in [2.24, 2.45) is 4.99 Å². The lowest BCUT2D eigenvalue weighted by molar-refractivity contribution is -0.121. The van der Waals surface area contributed by atoms with Crippen LogP contribution in [0.4, 0.5) is 0 Å². The molecule has 3 N–H and O–H groups in total. The minimum absolute atomic E-state index is 0.0961. The first-order chi connectivity index (χ1) is 12.2. The second-order valence-electron chi connectivity index (χ2n) is 6.23. The number of amides is 1. The summed E-state index contributed by atoms with van der Waals surface area (Å²) < 4.78 is 0. The maximum Gasteiger partial charge on any atom is 0.222 e. The highest BCUT2D eigenvalue weighted by Crippen LogP contribution is 2.17. The third-order valence-electron chi connectivity index (χ3n) is 4.17. The largest absolute Gasteiger partial charge is 0.357 e. The number of halogens is 1. The van der Waals surface area contributed by atoms with Gasteiger partial charge in [-0.3, -0.25) is 9.79 Å². The number of aromatic nitrogens is 1. The van der Waals surface area contributed by atoms with Gasteiger partial charge in [-0.15, -0.1) is 0 Å². The van der Waals surface area contributed by atoms with E-state index in [2.05, 4.69) is 25.9 Å². The van der Waals surface area contributed by atoms with Crippen LogP contribution in [-0.2, 0) is 11.2 Å². The third-order valence-corrected chi connectivity index (χ3v) is 4.39. The Labute approximate surface area is 154 Å². The normalized spacial score (nSPS) is 15.2. The Hall–Kier alpha value is -1.82. The lowest BCUT2D eigenvalue weighted by atomic mass is 10.2. The number of aliphatic imine (C=N–C) groups is 1. The standard InChI is InChI=1S/C18H28ClN5O/c1-2-20-18(21-11-9-14-7-8-16(19)23-13-14)22-12-10-17(25)24-15-5-3-4-6-15/h7-8,13,15H,2-6,9-12H2,1H3,(H,24,25)(H2,20,21,22). The summed E-state index contributed by atoms with van der Waals surface area (Å²) in [5, 5.41) is 10.1. The molecule has 1 amide bonds. The maximum absolute atomic E-state index is 11.9. The fourth-order valence-corrected chi connectivity index (χ4v) is 2.97. The highest BCUT2D eigenvalue weighted by Gasteiger charge is 2.16. The molecule has 7 heteroatoms. The molecule has 1 aromatic rings. The number of nitrogens with zero attached hydrogens (tertiary/aromatic N) is 2. The number of guanidine groups is 1. The van der Waals surface area contributed by atoms with Crippen LogP contribution >= 0.6 is 11.6 Å². The van der Waals surface area contributed by atoms with E-state index in [0.717, 1.165) is 43.9 Å². The highest BCUT2D eigenvalue weighted by molar-refractivity contribution is 6.29. The fraction of sp³-hybridized carbons (Fsp3) is 0.611. The predicted molar refractivity (Wildman–Crippen MR) is 102 cm³/mol. The summed E-state index contributed by atoms with van der Waals surface area (Å²) >= 11 is 5.79. The van der Waals surface area contributed by atoms with Crippen molar-refractivity contribution in [3.63, 3.8) is 0 Å². The minimum Gasteiger partial charge on any atom is -0.357 e. The second kappa shape index (κ2) is 10.9. The number of hydrogen-bond donors (Lipinski definition) is 3. The Balaban J connectivity index is 1.69. The summed E-state index contributed by atoms with van der Waals surface area (Å²) in [5.41, 5.74) is 1.11. The van der Waals surface area contributed by atoms with Gasteiger partial charge in [0.2, 0.25) is 5.91 Å². The molecule has 1 fully saturated rings. The number of carbonyl (C=O) groups is 1. The van der Waals surface area contributed by atoms with Gasteiger partial charge in [0.05, 0.1) is 6.54 Å². The number of nitrogens with one attached hydrogen (secondary N) is 3. The average Bonchev–Trinajstić information content (AvgIpc) is 3.09. The van der Waals surface area contributed by atoms with Crippen LogP contribution in [0.25, 0.3) is 0 Å². The van der Waals surface area contributed by atoms with E-state index in [9.17, 15) is 4.79 Å². The van der Waals surface area contributed by atoms with Gasteiger partial charge in [0.15, 0.2) is 5.96 Å². The van der Waals surface area contributed by atoms with Crippen molar-refractivity contribution in [3.8, 4) is 0 Å². The van der Waals surface area contributed by atoms with Crippen molar-refractivity contribution in [2.45, 2.75) is 51.5 Å². The summed E-state index contributed by atoms with van der Waals surface area (Å²) in [6, 6.07) is 4.13. The van der Waals surface area contributed by atoms with E-state index >= 15 is 0 Å². The van der Waals surface area contributed by atoms with Gasteiger partial charge >= 0.3 is 0 Å². The van der Waals surface area contributed by atoms with Gasteiger partial charge in [-0.1, -0.05) is 30.5 Å². The highest BCUT2D eigenvalue weighted by atomic mass is 35.5. The Morgan fingerprint density at radius 2 is 2.12 bits per heavy atom. The van der Waals surface area contributed by atoms with Crippen molar-refractivity contribution in [1.29, 1.82) is 0 Å². The Bertz CT molecular complexity index is 555. The van der Waals surface area contributed by atoms with E-state index < -0.39 is 0 Å². The van der Waals surface area contributed by atoms with E-state index in [1.54, 1.807) is 12.3 Å². The molecule has 0 spiro atoms. The molecule has 1 aliphatic rings. The molecule has 0 radical (unpaired) electrons. The van der Waals surface area contributed by atoms with Crippen LogP contribution in [0.2, 0.25) is 5.15 Å². The summed E-state index contributed by atoms with van der Waals surface area (Å²) in [4.78, 5) is 20.5. The molecule has 0 atom stereocenters. The van der Waals surface area contributed by atoms with Crippen LogP contribution in [0, 0.1) is 0 Å². The smallest absolute Gasteiger partial charge is 0.222 e. The van der Waals surface area contributed by atoms with Crippen LogP contribution in [-0.4, -0.2) is 42.5 Å². The monoisotopic (exact) mass is 365 g/mol. The van der Waals surface area contributed by atoms with Gasteiger partial charge < -0.3 is 16.0 Å². The van der Waals surface area contributed by atoms with E-state index in [-0.39, 0.29) is 5.91 Å². The zero-order valence-electron chi connectivity index (χ0n) is 14.9. The van der Waals surface area contributed by atoms with Crippen molar-refractivity contribution in [1.82, 2.24) is 20.9 Å². The van der Waals surface area contributed by atoms with E-state index in [1.807, 2.05) is 13.0 Å². The zero-order valence-corrected chi connectivity index (χ0v) is 15.6. The lowest BCUT2D eigenvalue weighted by Crippen LogP contribution is -2.38. The van der Waals surface area contributed by atoms with Crippen molar-refractivity contribution in [3.05, 3.63) is 29.0 Å². The lowest BCUT2D eigenvalue weighted by Gasteiger charge is -2.12. The van der Waals surface area contributed by atoms with Crippen LogP contribution in [0.1, 0.15) is 44.6 Å². The third kappa shape index (κ3) is 7.73. The Morgan fingerprint density at radius 3 is 2.80 bits per heavy atom. The van der Waals surface area contributed by atoms with Gasteiger partial charge in [0, 0.05) is 31.7 Å². The molecule has 138 valence electrons. The molecule has 6 nitrogen and oxygen atoms in total. The summed E-state index contributed by atoms with van der Waals surface area (Å²) in [5.74, 6) is 0.830. The molecule has 0 aromatic carbocycles. The molecule has 1 aromatic heterocycles. The van der Waals surface area contributed by atoms with Crippen LogP contribution in [0.5, 0.6) is 0 Å². The predicted octanol–water partition coefficient (Wildman–Crippen LogP) is 2.28. The van der Waals surface area contributed by atoms with Crippen LogP contribution in [0.15, 0.2) is 23.3 Å². The number of rotatable bonds is 8. The number of hydrogen-bond acceptors (Lipinski definition) is 3. The number of pyridine rings is 1. The Kier molecular flexibility index (Phi) is 8.52. The van der Waals surface area contributed by atoms with Crippen molar-refractivity contribution < 1.29 is 4.79 Å². The molecule has 25 heavy (non-hydrogen) atoms. The van der Waals surface area contributed by atoms with Gasteiger partial charge in [0.25, 0.3) is 0 Å². The van der Waals surface area contributed by atoms with E-state index in [0.29, 0.717) is 24.2 Å². The van der Waals surface area contributed by atoms with Gasteiger partial charge in [0.1, 0.15) is 5.15 Å². The molecular weight excluding hydrogens is 338 g/mol. The Morgan fingerprint density at radius 1 is 1.32 bits per heavy atom. The summed E-state index contributed by atoms with van der Waals surface area (Å²) in [6.45, 7) is 4.02. The quantitative estimate of drug-likeness (QED) is 0.375. The fourth-order valence-electron chi connectivity index (χ4n) is 2.86. The minimum atomic E-state index is 0.0961. The topological polar surface area (TPSA) is 78.4 Å². The maximum atomic E-state index is 11.9. The SMILES string of the molecule is CCNC(=NCCC(=O)NC1CCCC1)NCCc1ccc(Cl)nc1. The van der Waals surface area contributed by atoms with Gasteiger partial charge in [-0.05, 0) is 37.8 Å². The first-order valence-electron chi connectivity index (χ1n) is 9.09. The first kappa shape index (κ1) is 19.5. The second-order valence-corrected chi connectivity index (χ2v) is 6.61. The van der Waals surface area contributed by atoms with Crippen molar-refractivity contribution >= 4 is 23.5 Å². The van der Waals surface area contributed by atoms with Crippen LogP contribution in [0.3, 0.4) is 0 Å². The molecule has 0 bridgehead atoms. The van der Waals surface area contributed by atoms with Crippen LogP contribution < -0.4 is 16.0 Å². The number of carbonyl (C=O) groups excluding carboxylic acids is 1. The molecule has 1 saturated carbocycles. The first-order valence-corrected chi connectivity index (χ1v) is 9.47. The summed E-state index contributed by atoms with van der Waals surface area (Å²) in [6.07, 6.45) is 7.70. The molecule has 0 saturated heterocycles.